The lowest BCUT2D eigenvalue weighted by molar-refractivity contribution is -0.119. The van der Waals surface area contributed by atoms with E-state index in [-0.39, 0.29) is 18.1 Å². The Hall–Kier alpha value is -2.95. The molecule has 0 heterocycles. The third-order valence-electron chi connectivity index (χ3n) is 3.60. The summed E-state index contributed by atoms with van der Waals surface area (Å²) in [5.74, 6) is -0.900. The van der Waals surface area contributed by atoms with Gasteiger partial charge in [0.05, 0.1) is 18.7 Å². The van der Waals surface area contributed by atoms with Crippen LogP contribution in [0.4, 0.5) is 0 Å². The lowest BCUT2D eigenvalue weighted by atomic mass is 9.94. The van der Waals surface area contributed by atoms with Gasteiger partial charge in [-0.3, -0.25) is 9.59 Å². The number of esters is 1. The molecule has 0 fully saturated rings. The van der Waals surface area contributed by atoms with Crippen LogP contribution in [0.1, 0.15) is 45.7 Å². The number of methoxy groups -OCH3 is 1. The molecule has 0 aliphatic heterocycles. The second-order valence-electron chi connectivity index (χ2n) is 5.33. The minimum Gasteiger partial charge on any atom is -0.465 e. The minimum atomic E-state index is -0.606. The van der Waals surface area contributed by atoms with Crippen molar-refractivity contribution in [1.82, 2.24) is 5.32 Å². The smallest absolute Gasteiger partial charge is 0.338 e. The Kier molecular flexibility index (Phi) is 5.84. The Morgan fingerprint density at radius 1 is 1.00 bits per heavy atom. The van der Waals surface area contributed by atoms with E-state index in [1.165, 1.54) is 14.0 Å². The Bertz CT molecular complexity index is 740. The minimum absolute atomic E-state index is 0.0532. The summed E-state index contributed by atoms with van der Waals surface area (Å²) in [4.78, 5) is 36.0. The maximum Gasteiger partial charge on any atom is 0.338 e. The Balaban J connectivity index is 2.34. The molecule has 5 heteroatoms. The van der Waals surface area contributed by atoms with E-state index in [0.29, 0.717) is 16.7 Å². The number of ketones is 1. The number of Topliss-reactive ketones (excluding diaryl/α,β-unsaturated/α-hetero) is 1. The summed E-state index contributed by atoms with van der Waals surface area (Å²) >= 11 is 0. The van der Waals surface area contributed by atoms with Crippen LogP contribution < -0.4 is 5.32 Å². The van der Waals surface area contributed by atoms with Gasteiger partial charge in [0, 0.05) is 18.9 Å². The molecule has 2 rings (SSSR count). The van der Waals surface area contributed by atoms with Crippen molar-refractivity contribution in [3.05, 3.63) is 71.3 Å². The van der Waals surface area contributed by atoms with Crippen LogP contribution in [0.5, 0.6) is 0 Å². The number of ether oxygens (including phenoxy) is 1. The number of rotatable bonds is 6. The Morgan fingerprint density at radius 2 is 1.62 bits per heavy atom. The summed E-state index contributed by atoms with van der Waals surface area (Å²) < 4.78 is 4.79. The SMILES string of the molecule is COC(=O)c1ccccc1C(CC(=O)c1ccccc1)NC(C)=O. The number of benzene rings is 2. The summed E-state index contributed by atoms with van der Waals surface area (Å²) in [6.45, 7) is 1.38. The first kappa shape index (κ1) is 17.4. The first-order chi connectivity index (χ1) is 11.5. The van der Waals surface area contributed by atoms with Crippen molar-refractivity contribution >= 4 is 17.7 Å². The maximum atomic E-state index is 12.5. The average molecular weight is 325 g/mol. The molecule has 0 saturated heterocycles. The lowest BCUT2D eigenvalue weighted by Gasteiger charge is -2.20. The van der Waals surface area contributed by atoms with Crippen LogP contribution in [0.3, 0.4) is 0 Å². The largest absolute Gasteiger partial charge is 0.465 e. The molecule has 0 aliphatic carbocycles. The molecule has 1 amide bonds. The van der Waals surface area contributed by atoms with E-state index in [9.17, 15) is 14.4 Å². The van der Waals surface area contributed by atoms with Crippen molar-refractivity contribution in [1.29, 1.82) is 0 Å². The van der Waals surface area contributed by atoms with Gasteiger partial charge in [0.2, 0.25) is 5.91 Å². The van der Waals surface area contributed by atoms with Crippen LogP contribution in [-0.4, -0.2) is 24.8 Å². The normalized spacial score (nSPS) is 11.4. The van der Waals surface area contributed by atoms with E-state index >= 15 is 0 Å². The molecule has 2 aromatic carbocycles. The number of nitrogens with one attached hydrogen (secondary N) is 1. The third kappa shape index (κ3) is 4.29. The van der Waals surface area contributed by atoms with Gasteiger partial charge in [-0.1, -0.05) is 48.5 Å². The molecule has 0 saturated carbocycles. The first-order valence-electron chi connectivity index (χ1n) is 7.55. The molecular weight excluding hydrogens is 306 g/mol. The van der Waals surface area contributed by atoms with Gasteiger partial charge in [-0.15, -0.1) is 0 Å². The predicted octanol–water partition coefficient (Wildman–Crippen LogP) is 2.92. The van der Waals surface area contributed by atoms with Crippen LogP contribution in [-0.2, 0) is 9.53 Å². The van der Waals surface area contributed by atoms with E-state index < -0.39 is 12.0 Å². The zero-order chi connectivity index (χ0) is 17.5. The molecule has 1 N–H and O–H groups in total. The van der Waals surface area contributed by atoms with Crippen LogP contribution in [0.2, 0.25) is 0 Å². The lowest BCUT2D eigenvalue weighted by Crippen LogP contribution is -2.29. The van der Waals surface area contributed by atoms with E-state index in [1.54, 1.807) is 48.5 Å². The van der Waals surface area contributed by atoms with Crippen molar-refractivity contribution in [2.75, 3.05) is 7.11 Å². The molecular formula is C19H19NO4. The molecule has 24 heavy (non-hydrogen) atoms. The molecule has 2 aromatic rings. The van der Waals surface area contributed by atoms with Gasteiger partial charge in [-0.2, -0.15) is 0 Å². The Morgan fingerprint density at radius 3 is 2.25 bits per heavy atom. The van der Waals surface area contributed by atoms with E-state index in [1.807, 2.05) is 6.07 Å². The van der Waals surface area contributed by atoms with Crippen molar-refractivity contribution in [3.63, 3.8) is 0 Å². The first-order valence-corrected chi connectivity index (χ1v) is 7.55. The fourth-order valence-corrected chi connectivity index (χ4v) is 2.51. The predicted molar refractivity (Wildman–Crippen MR) is 89.7 cm³/mol. The van der Waals surface area contributed by atoms with Gasteiger partial charge >= 0.3 is 5.97 Å². The van der Waals surface area contributed by atoms with E-state index in [2.05, 4.69) is 5.32 Å². The van der Waals surface area contributed by atoms with Crippen LogP contribution in [0.25, 0.3) is 0 Å². The average Bonchev–Trinajstić information content (AvgIpc) is 2.60. The summed E-state index contributed by atoms with van der Waals surface area (Å²) in [5, 5.41) is 2.75. The third-order valence-corrected chi connectivity index (χ3v) is 3.60. The fourth-order valence-electron chi connectivity index (χ4n) is 2.51. The van der Waals surface area contributed by atoms with E-state index in [0.717, 1.165) is 0 Å². The molecule has 0 radical (unpaired) electrons. The highest BCUT2D eigenvalue weighted by molar-refractivity contribution is 5.97. The molecule has 1 unspecified atom stereocenters. The summed E-state index contributed by atoms with van der Waals surface area (Å²) in [7, 11) is 1.29. The van der Waals surface area contributed by atoms with Crippen LogP contribution >= 0.6 is 0 Å². The molecule has 5 nitrogen and oxygen atoms in total. The van der Waals surface area contributed by atoms with Gasteiger partial charge < -0.3 is 10.1 Å². The van der Waals surface area contributed by atoms with Gasteiger partial charge in [-0.05, 0) is 11.6 Å². The Labute approximate surface area is 140 Å². The number of hydrogen-bond acceptors (Lipinski definition) is 4. The second kappa shape index (κ2) is 8.06. The quantitative estimate of drug-likeness (QED) is 0.655. The number of carbonyl (C=O) groups excluding carboxylic acids is 3. The summed E-state index contributed by atoms with van der Waals surface area (Å²) in [5.41, 5.74) is 1.45. The van der Waals surface area contributed by atoms with Crippen LogP contribution in [0, 0.1) is 0 Å². The number of hydrogen-bond donors (Lipinski definition) is 1. The standard InChI is InChI=1S/C19H19NO4/c1-13(21)20-17(12-18(22)14-8-4-3-5-9-14)15-10-6-7-11-16(15)19(23)24-2/h3-11,17H,12H2,1-2H3,(H,20,21). The highest BCUT2D eigenvalue weighted by Crippen LogP contribution is 2.24. The summed E-state index contributed by atoms with van der Waals surface area (Å²) in [6, 6.07) is 15.0. The highest BCUT2D eigenvalue weighted by atomic mass is 16.5. The van der Waals surface area contributed by atoms with Crippen molar-refractivity contribution in [3.8, 4) is 0 Å². The molecule has 0 aliphatic rings. The highest BCUT2D eigenvalue weighted by Gasteiger charge is 2.23. The molecule has 0 aromatic heterocycles. The second-order valence-corrected chi connectivity index (χ2v) is 5.33. The van der Waals surface area contributed by atoms with Crippen molar-refractivity contribution in [2.45, 2.75) is 19.4 Å². The van der Waals surface area contributed by atoms with Gasteiger partial charge in [0.15, 0.2) is 5.78 Å². The fraction of sp³-hybridized carbons (Fsp3) is 0.211. The maximum absolute atomic E-state index is 12.5. The summed E-state index contributed by atoms with van der Waals surface area (Å²) in [6.07, 6.45) is 0.0532. The van der Waals surface area contributed by atoms with Gasteiger partial charge in [0.1, 0.15) is 0 Å². The van der Waals surface area contributed by atoms with Crippen LogP contribution in [0.15, 0.2) is 54.6 Å². The van der Waals surface area contributed by atoms with Gasteiger partial charge in [0.25, 0.3) is 0 Å². The molecule has 0 spiro atoms. The molecule has 0 bridgehead atoms. The zero-order valence-electron chi connectivity index (χ0n) is 13.6. The molecule has 124 valence electrons. The topological polar surface area (TPSA) is 72.5 Å². The van der Waals surface area contributed by atoms with Gasteiger partial charge in [-0.25, -0.2) is 4.79 Å². The van der Waals surface area contributed by atoms with E-state index in [4.69, 9.17) is 4.74 Å². The molecule has 1 atom stereocenters. The number of carbonyl (C=O) groups is 3. The van der Waals surface area contributed by atoms with Crippen molar-refractivity contribution in [2.24, 2.45) is 0 Å². The number of amides is 1. The zero-order valence-corrected chi connectivity index (χ0v) is 13.6. The van der Waals surface area contributed by atoms with Crippen molar-refractivity contribution < 1.29 is 19.1 Å². The monoisotopic (exact) mass is 325 g/mol.